The number of amidine groups is 1. The lowest BCUT2D eigenvalue weighted by Gasteiger charge is -2.22. The van der Waals surface area contributed by atoms with Gasteiger partial charge in [-0.15, -0.1) is 10.2 Å². The van der Waals surface area contributed by atoms with Crippen LogP contribution in [0.3, 0.4) is 0 Å². The molecule has 0 bridgehead atoms. The highest BCUT2D eigenvalue weighted by Crippen LogP contribution is 2.31. The highest BCUT2D eigenvalue weighted by atomic mass is 35.5. The van der Waals surface area contributed by atoms with E-state index in [1.165, 1.54) is 19.1 Å². The van der Waals surface area contributed by atoms with Gasteiger partial charge in [0.15, 0.2) is 11.7 Å². The van der Waals surface area contributed by atoms with Crippen LogP contribution in [-0.2, 0) is 6.54 Å². The van der Waals surface area contributed by atoms with Crippen molar-refractivity contribution in [2.75, 3.05) is 18.5 Å². The summed E-state index contributed by atoms with van der Waals surface area (Å²) in [4.78, 5) is 13.2. The topological polar surface area (TPSA) is 107 Å². The molecule has 0 saturated heterocycles. The summed E-state index contributed by atoms with van der Waals surface area (Å²) >= 11 is 5.87. The number of nitrogens with zero attached hydrogens (tertiary/aromatic N) is 4. The first kappa shape index (κ1) is 26.2. The molecule has 0 fully saturated rings. The molecule has 0 unspecified atom stereocenters. The van der Waals surface area contributed by atoms with Gasteiger partial charge in [-0.25, -0.2) is 13.6 Å². The number of benzene rings is 1. The van der Waals surface area contributed by atoms with Crippen LogP contribution in [0.25, 0.3) is 11.9 Å². The number of hydrogen-bond donors (Lipinski definition) is 3. The number of carbonyl (C=O) groups excluding carboxylic acids is 1. The molecule has 0 radical (unpaired) electrons. The fourth-order valence-electron chi connectivity index (χ4n) is 2.67. The molecule has 0 aliphatic rings. The number of alkyl halides is 3. The van der Waals surface area contributed by atoms with E-state index in [1.807, 2.05) is 0 Å². The number of aliphatic hydroxyl groups excluding tert-OH is 1. The summed E-state index contributed by atoms with van der Waals surface area (Å²) in [7, 11) is 0. The van der Waals surface area contributed by atoms with Crippen molar-refractivity contribution in [3.8, 4) is 0 Å². The first-order valence-corrected chi connectivity index (χ1v) is 9.86. The predicted octanol–water partition coefficient (Wildman–Crippen LogP) is 4.56. The average Bonchev–Trinajstić information content (AvgIpc) is 3.12. The molecule has 1 aromatic heterocycles. The highest BCUT2D eigenvalue weighted by Gasteiger charge is 2.37. The van der Waals surface area contributed by atoms with Gasteiger partial charge in [0.2, 0.25) is 5.95 Å². The van der Waals surface area contributed by atoms with Crippen molar-refractivity contribution in [1.82, 2.24) is 19.7 Å². The molecular formula is C19H20ClF5N6O2. The summed E-state index contributed by atoms with van der Waals surface area (Å²) in [6, 6.07) is 2.60. The molecule has 180 valence electrons. The SMILES string of the molecule is CCN(C(=N)CO)C(=O)Nc1nnc(/C(F)=C/c2c(F)cccc2Cl)n1C[C@@H](C)C(F)(F)F. The number of aliphatic hydroxyl groups is 1. The fraction of sp³-hybridized carbons (Fsp3) is 0.368. The number of urea groups is 1. The molecule has 2 amide bonds. The lowest BCUT2D eigenvalue weighted by atomic mass is 10.1. The van der Waals surface area contributed by atoms with Gasteiger partial charge in [0.25, 0.3) is 0 Å². The van der Waals surface area contributed by atoms with Crippen LogP contribution in [0.15, 0.2) is 18.2 Å². The van der Waals surface area contributed by atoms with E-state index in [4.69, 9.17) is 22.1 Å². The Morgan fingerprint density at radius 1 is 1.39 bits per heavy atom. The van der Waals surface area contributed by atoms with E-state index >= 15 is 0 Å². The van der Waals surface area contributed by atoms with Crippen molar-refractivity contribution >= 4 is 41.3 Å². The van der Waals surface area contributed by atoms with Gasteiger partial charge >= 0.3 is 12.2 Å². The Morgan fingerprint density at radius 3 is 2.61 bits per heavy atom. The molecule has 0 aliphatic carbocycles. The molecule has 0 aliphatic heterocycles. The molecule has 14 heteroatoms. The van der Waals surface area contributed by atoms with Gasteiger partial charge in [-0.3, -0.25) is 20.2 Å². The lowest BCUT2D eigenvalue weighted by molar-refractivity contribution is -0.172. The third kappa shape index (κ3) is 6.26. The van der Waals surface area contributed by atoms with Crippen LogP contribution in [0.5, 0.6) is 0 Å². The number of aromatic nitrogens is 3. The summed E-state index contributed by atoms with van der Waals surface area (Å²) in [6.45, 7) is 0.629. The second kappa shape index (κ2) is 10.7. The van der Waals surface area contributed by atoms with Crippen molar-refractivity contribution in [2.24, 2.45) is 5.92 Å². The Balaban J connectivity index is 2.51. The van der Waals surface area contributed by atoms with Gasteiger partial charge in [-0.1, -0.05) is 24.6 Å². The van der Waals surface area contributed by atoms with E-state index in [-0.39, 0.29) is 17.1 Å². The molecule has 2 aromatic rings. The van der Waals surface area contributed by atoms with Gasteiger partial charge in [-0.05, 0) is 25.1 Å². The number of amides is 2. The van der Waals surface area contributed by atoms with Crippen LogP contribution < -0.4 is 5.32 Å². The smallest absolute Gasteiger partial charge is 0.388 e. The second-order valence-electron chi connectivity index (χ2n) is 6.81. The summed E-state index contributed by atoms with van der Waals surface area (Å²) in [5, 5.41) is 25.7. The Hall–Kier alpha value is -3.06. The lowest BCUT2D eigenvalue weighted by Crippen LogP contribution is -2.41. The Morgan fingerprint density at radius 2 is 2.06 bits per heavy atom. The average molecular weight is 495 g/mol. The zero-order chi connectivity index (χ0) is 24.9. The minimum Gasteiger partial charge on any atom is -0.388 e. The monoisotopic (exact) mass is 494 g/mol. The van der Waals surface area contributed by atoms with E-state index in [9.17, 15) is 26.7 Å². The number of likely N-dealkylation sites (N-methyl/N-ethyl adjacent to an activating group) is 1. The second-order valence-corrected chi connectivity index (χ2v) is 7.21. The van der Waals surface area contributed by atoms with Crippen molar-refractivity contribution in [1.29, 1.82) is 5.41 Å². The third-order valence-electron chi connectivity index (χ3n) is 4.51. The van der Waals surface area contributed by atoms with Gasteiger partial charge < -0.3 is 5.11 Å². The zero-order valence-electron chi connectivity index (χ0n) is 17.4. The van der Waals surface area contributed by atoms with Crippen LogP contribution in [0.2, 0.25) is 5.02 Å². The number of nitrogens with one attached hydrogen (secondary N) is 2. The number of hydrogen-bond acceptors (Lipinski definition) is 5. The van der Waals surface area contributed by atoms with E-state index in [2.05, 4.69) is 15.5 Å². The number of rotatable bonds is 7. The van der Waals surface area contributed by atoms with E-state index in [1.54, 1.807) is 0 Å². The highest BCUT2D eigenvalue weighted by molar-refractivity contribution is 6.32. The van der Waals surface area contributed by atoms with Gasteiger partial charge in [0.1, 0.15) is 18.3 Å². The van der Waals surface area contributed by atoms with Crippen LogP contribution in [0.4, 0.5) is 32.7 Å². The number of halogens is 6. The minimum absolute atomic E-state index is 0.0504. The Bertz CT molecular complexity index is 1040. The molecule has 1 aromatic carbocycles. The third-order valence-corrected chi connectivity index (χ3v) is 4.84. The fourth-order valence-corrected chi connectivity index (χ4v) is 2.89. The number of anilines is 1. The quantitative estimate of drug-likeness (QED) is 0.298. The van der Waals surface area contributed by atoms with Crippen molar-refractivity contribution in [3.05, 3.63) is 40.4 Å². The maximum atomic E-state index is 15.0. The predicted molar refractivity (Wildman–Crippen MR) is 112 cm³/mol. The first-order valence-electron chi connectivity index (χ1n) is 9.48. The molecule has 1 heterocycles. The standard InChI is InChI=1S/C19H20ClF5N6O2/c1-3-30(15(26)9-32)18(33)27-17-29-28-16(31(17)8-10(2)19(23,24)25)14(22)7-11-12(20)5-4-6-13(11)21/h4-7,10,26,32H,3,8-9H2,1-2H3,(H,27,29,33)/b14-7-,26-15?/t10-/m1/s1. The van der Waals surface area contributed by atoms with Gasteiger partial charge in [0, 0.05) is 18.7 Å². The molecule has 1 atom stereocenters. The zero-order valence-corrected chi connectivity index (χ0v) is 18.2. The van der Waals surface area contributed by atoms with Crippen molar-refractivity contribution in [2.45, 2.75) is 26.6 Å². The van der Waals surface area contributed by atoms with Crippen LogP contribution in [-0.4, -0.2) is 56.0 Å². The largest absolute Gasteiger partial charge is 0.393 e. The molecule has 2 rings (SSSR count). The number of carbonyl (C=O) groups is 1. The van der Waals surface area contributed by atoms with Crippen LogP contribution >= 0.6 is 11.6 Å². The molecule has 8 nitrogen and oxygen atoms in total. The summed E-state index contributed by atoms with van der Waals surface area (Å²) in [5.74, 6) is -5.85. The molecule has 3 N–H and O–H groups in total. The normalized spacial score (nSPS) is 13.1. The van der Waals surface area contributed by atoms with E-state index in [0.717, 1.165) is 17.9 Å². The minimum atomic E-state index is -4.66. The van der Waals surface area contributed by atoms with Crippen LogP contribution in [0.1, 0.15) is 25.2 Å². The van der Waals surface area contributed by atoms with E-state index < -0.39 is 60.5 Å². The van der Waals surface area contributed by atoms with Crippen molar-refractivity contribution in [3.63, 3.8) is 0 Å². The first-order chi connectivity index (χ1) is 15.4. The maximum absolute atomic E-state index is 15.0. The molecule has 0 saturated carbocycles. The van der Waals surface area contributed by atoms with Crippen LogP contribution in [0, 0.1) is 17.1 Å². The van der Waals surface area contributed by atoms with Crippen molar-refractivity contribution < 1.29 is 31.9 Å². The Kier molecular flexibility index (Phi) is 8.50. The van der Waals surface area contributed by atoms with Gasteiger partial charge in [-0.2, -0.15) is 13.2 Å². The summed E-state index contributed by atoms with van der Waals surface area (Å²) in [5.41, 5.74) is -0.353. The molecular weight excluding hydrogens is 475 g/mol. The van der Waals surface area contributed by atoms with E-state index in [0.29, 0.717) is 10.6 Å². The molecule has 33 heavy (non-hydrogen) atoms. The van der Waals surface area contributed by atoms with Gasteiger partial charge in [0.05, 0.1) is 10.9 Å². The Labute approximate surface area is 190 Å². The summed E-state index contributed by atoms with van der Waals surface area (Å²) in [6.07, 6.45) is -4.01. The maximum Gasteiger partial charge on any atom is 0.393 e. The summed E-state index contributed by atoms with van der Waals surface area (Å²) < 4.78 is 69.2. The molecule has 0 spiro atoms.